The molecule has 8 heteroatoms. The van der Waals surface area contributed by atoms with Crippen molar-refractivity contribution >= 4 is 29.5 Å². The number of hydrazine groups is 1. The first-order chi connectivity index (χ1) is 10.1. The Hall–Kier alpha value is -2.61. The van der Waals surface area contributed by atoms with Crippen molar-refractivity contribution in [3.05, 3.63) is 48.3 Å². The summed E-state index contributed by atoms with van der Waals surface area (Å²) in [5.74, 6) is -0.661. The predicted octanol–water partition coefficient (Wildman–Crippen LogP) is 1.41. The molecule has 21 heavy (non-hydrogen) atoms. The van der Waals surface area contributed by atoms with E-state index < -0.39 is 5.97 Å². The number of nitrogens with zero attached hydrogens (tertiary/aromatic N) is 2. The third-order valence-electron chi connectivity index (χ3n) is 2.33. The van der Waals surface area contributed by atoms with Crippen molar-refractivity contribution in [2.45, 2.75) is 5.03 Å². The Kier molecular flexibility index (Phi) is 5.10. The van der Waals surface area contributed by atoms with Crippen molar-refractivity contribution in [1.29, 1.82) is 0 Å². The smallest absolute Gasteiger partial charge is 0.335 e. The van der Waals surface area contributed by atoms with Crippen molar-refractivity contribution in [1.82, 2.24) is 15.4 Å². The number of hydrogen-bond acceptors (Lipinski definition) is 6. The number of rotatable bonds is 6. The van der Waals surface area contributed by atoms with Gasteiger partial charge in [0.25, 0.3) is 0 Å². The maximum Gasteiger partial charge on any atom is 0.335 e. The number of carbonyl (C=O) groups excluding carboxylic acids is 1. The summed E-state index contributed by atoms with van der Waals surface area (Å²) in [6, 6.07) is 8.09. The maximum atomic E-state index is 11.6. The molecule has 2 rings (SSSR count). The number of aromatic nitrogens is 2. The lowest BCUT2D eigenvalue weighted by atomic mass is 10.3. The van der Waals surface area contributed by atoms with Gasteiger partial charge in [0.15, 0.2) is 0 Å². The highest BCUT2D eigenvalue weighted by molar-refractivity contribution is 7.99. The van der Waals surface area contributed by atoms with Gasteiger partial charge in [0, 0.05) is 12.4 Å². The van der Waals surface area contributed by atoms with Crippen molar-refractivity contribution in [3.8, 4) is 0 Å². The molecule has 2 heterocycles. The Morgan fingerprint density at radius 2 is 2.05 bits per heavy atom. The second kappa shape index (κ2) is 7.25. The van der Waals surface area contributed by atoms with Gasteiger partial charge in [0.05, 0.1) is 16.3 Å². The van der Waals surface area contributed by atoms with Crippen molar-refractivity contribution < 1.29 is 14.7 Å². The third-order valence-corrected chi connectivity index (χ3v) is 3.25. The summed E-state index contributed by atoms with van der Waals surface area (Å²) in [7, 11) is 0. The molecule has 0 aliphatic heterocycles. The zero-order valence-electron chi connectivity index (χ0n) is 10.8. The number of carboxylic acids is 1. The molecule has 3 N–H and O–H groups in total. The van der Waals surface area contributed by atoms with Crippen LogP contribution in [0.25, 0.3) is 0 Å². The number of amides is 1. The highest BCUT2D eigenvalue weighted by atomic mass is 32.2. The van der Waals surface area contributed by atoms with Crippen molar-refractivity contribution in [2.75, 3.05) is 11.2 Å². The van der Waals surface area contributed by atoms with Crippen LogP contribution in [0, 0.1) is 0 Å². The Bertz CT molecular complexity index is 636. The number of carbonyl (C=O) groups is 2. The van der Waals surface area contributed by atoms with Crippen LogP contribution in [0.2, 0.25) is 0 Å². The molecule has 0 aliphatic rings. The van der Waals surface area contributed by atoms with Crippen LogP contribution >= 0.6 is 11.8 Å². The van der Waals surface area contributed by atoms with Gasteiger partial charge in [-0.2, -0.15) is 0 Å². The zero-order chi connectivity index (χ0) is 15.1. The number of aromatic carboxylic acids is 1. The number of nitrogens with one attached hydrogen (secondary N) is 2. The molecule has 0 radical (unpaired) electrons. The molecule has 0 fully saturated rings. The standard InChI is InChI=1S/C13H12N4O3S/c18-11(17-16-10-3-1-2-5-14-10)8-21-12-7-9(13(19)20)4-6-15-12/h1-7H,8H2,(H,14,16)(H,17,18)(H,19,20). The molecule has 0 unspecified atom stereocenters. The summed E-state index contributed by atoms with van der Waals surface area (Å²) in [6.45, 7) is 0. The zero-order valence-corrected chi connectivity index (χ0v) is 11.6. The largest absolute Gasteiger partial charge is 0.478 e. The average molecular weight is 304 g/mol. The molecular formula is C13H12N4O3S. The van der Waals surface area contributed by atoms with E-state index in [9.17, 15) is 9.59 Å². The fourth-order valence-electron chi connectivity index (χ4n) is 1.37. The fraction of sp³-hybridized carbons (Fsp3) is 0.0769. The topological polar surface area (TPSA) is 104 Å². The second-order valence-corrected chi connectivity index (χ2v) is 4.86. The molecule has 1 amide bonds. The Morgan fingerprint density at radius 3 is 2.76 bits per heavy atom. The van der Waals surface area contributed by atoms with Gasteiger partial charge >= 0.3 is 5.97 Å². The number of hydrogen-bond donors (Lipinski definition) is 3. The van der Waals surface area contributed by atoms with E-state index >= 15 is 0 Å². The molecular weight excluding hydrogens is 292 g/mol. The normalized spacial score (nSPS) is 9.90. The van der Waals surface area contributed by atoms with Crippen LogP contribution in [0.15, 0.2) is 47.8 Å². The minimum atomic E-state index is -1.03. The Morgan fingerprint density at radius 1 is 1.19 bits per heavy atom. The first kappa shape index (κ1) is 14.8. The lowest BCUT2D eigenvalue weighted by Crippen LogP contribution is -2.31. The maximum absolute atomic E-state index is 11.6. The number of carboxylic acid groups (broad SMARTS) is 1. The summed E-state index contributed by atoms with van der Waals surface area (Å²) in [4.78, 5) is 30.4. The summed E-state index contributed by atoms with van der Waals surface area (Å²) in [5, 5.41) is 9.34. The van der Waals surface area contributed by atoms with E-state index in [0.29, 0.717) is 10.8 Å². The average Bonchev–Trinajstić information content (AvgIpc) is 2.52. The molecule has 0 atom stereocenters. The van der Waals surface area contributed by atoms with E-state index in [1.54, 1.807) is 24.4 Å². The lowest BCUT2D eigenvalue weighted by molar-refractivity contribution is -0.118. The SMILES string of the molecule is O=C(CSc1cc(C(=O)O)ccn1)NNc1ccccn1. The summed E-state index contributed by atoms with van der Waals surface area (Å²) >= 11 is 1.15. The van der Waals surface area contributed by atoms with Crippen LogP contribution in [0.4, 0.5) is 5.82 Å². The molecule has 0 spiro atoms. The van der Waals surface area contributed by atoms with Crippen LogP contribution in [0.1, 0.15) is 10.4 Å². The first-order valence-corrected chi connectivity index (χ1v) is 6.92. The van der Waals surface area contributed by atoms with Crippen LogP contribution in [-0.2, 0) is 4.79 Å². The van der Waals surface area contributed by atoms with Gasteiger partial charge in [0.1, 0.15) is 5.82 Å². The number of thioether (sulfide) groups is 1. The molecule has 2 aromatic rings. The predicted molar refractivity (Wildman–Crippen MR) is 77.9 cm³/mol. The van der Waals surface area contributed by atoms with Gasteiger partial charge in [-0.1, -0.05) is 17.8 Å². The monoisotopic (exact) mass is 304 g/mol. The fourth-order valence-corrected chi connectivity index (χ4v) is 2.06. The molecule has 0 aliphatic carbocycles. The Balaban J connectivity index is 1.81. The van der Waals surface area contributed by atoms with Gasteiger partial charge in [-0.15, -0.1) is 0 Å². The molecule has 2 aromatic heterocycles. The molecule has 7 nitrogen and oxygen atoms in total. The van der Waals surface area contributed by atoms with Crippen molar-refractivity contribution in [2.24, 2.45) is 0 Å². The molecule has 0 bridgehead atoms. The van der Waals surface area contributed by atoms with Gasteiger partial charge in [-0.05, 0) is 24.3 Å². The van der Waals surface area contributed by atoms with Crippen molar-refractivity contribution in [3.63, 3.8) is 0 Å². The Labute approximate surface area is 124 Å². The minimum Gasteiger partial charge on any atom is -0.478 e. The van der Waals surface area contributed by atoms with Gasteiger partial charge < -0.3 is 5.11 Å². The van der Waals surface area contributed by atoms with Gasteiger partial charge in [0.2, 0.25) is 5.91 Å². The van der Waals surface area contributed by atoms with E-state index in [1.165, 1.54) is 18.3 Å². The molecule has 0 saturated heterocycles. The third kappa shape index (κ3) is 4.77. The number of pyridine rings is 2. The highest BCUT2D eigenvalue weighted by Crippen LogP contribution is 2.15. The van der Waals surface area contributed by atoms with Crippen LogP contribution in [0.5, 0.6) is 0 Å². The van der Waals surface area contributed by atoms with Gasteiger partial charge in [-0.25, -0.2) is 14.8 Å². The number of anilines is 1. The minimum absolute atomic E-state index is 0.107. The van der Waals surface area contributed by atoms with E-state index in [4.69, 9.17) is 5.11 Å². The van der Waals surface area contributed by atoms with Gasteiger partial charge in [-0.3, -0.25) is 15.6 Å². The van der Waals surface area contributed by atoms with Crippen LogP contribution in [-0.4, -0.2) is 32.7 Å². The molecule has 108 valence electrons. The van der Waals surface area contributed by atoms with E-state index in [-0.39, 0.29) is 17.2 Å². The lowest BCUT2D eigenvalue weighted by Gasteiger charge is -2.07. The van der Waals surface area contributed by atoms with E-state index in [1.807, 2.05) is 0 Å². The van der Waals surface area contributed by atoms with E-state index in [2.05, 4.69) is 20.8 Å². The molecule has 0 saturated carbocycles. The van der Waals surface area contributed by atoms with Crippen LogP contribution in [0.3, 0.4) is 0 Å². The summed E-state index contributed by atoms with van der Waals surface area (Å²) in [6.07, 6.45) is 3.00. The summed E-state index contributed by atoms with van der Waals surface area (Å²) < 4.78 is 0. The van der Waals surface area contributed by atoms with E-state index in [0.717, 1.165) is 11.8 Å². The second-order valence-electron chi connectivity index (χ2n) is 3.86. The molecule has 0 aromatic carbocycles. The summed E-state index contributed by atoms with van der Waals surface area (Å²) in [5.41, 5.74) is 5.30. The highest BCUT2D eigenvalue weighted by Gasteiger charge is 2.07. The van der Waals surface area contributed by atoms with Crippen LogP contribution < -0.4 is 10.9 Å². The quantitative estimate of drug-likeness (QED) is 0.547. The first-order valence-electron chi connectivity index (χ1n) is 5.93.